The van der Waals surface area contributed by atoms with Gasteiger partial charge in [0.25, 0.3) is 0 Å². The Morgan fingerprint density at radius 1 is 1.16 bits per heavy atom. The molecule has 108 valence electrons. The van der Waals surface area contributed by atoms with Gasteiger partial charge in [0.15, 0.2) is 8.32 Å². The van der Waals surface area contributed by atoms with Gasteiger partial charge in [0, 0.05) is 12.3 Å². The summed E-state index contributed by atoms with van der Waals surface area (Å²) in [7, 11) is -1.73. The maximum atomic E-state index is 12.3. The molecule has 0 amide bonds. The molecule has 3 heteroatoms. The Kier molecular flexibility index (Phi) is 3.03. The van der Waals surface area contributed by atoms with Crippen LogP contribution in [0.2, 0.25) is 18.1 Å². The van der Waals surface area contributed by atoms with Gasteiger partial charge in [-0.1, -0.05) is 27.2 Å². The van der Waals surface area contributed by atoms with Gasteiger partial charge < -0.3 is 4.43 Å². The van der Waals surface area contributed by atoms with Crippen LogP contribution in [0.15, 0.2) is 0 Å². The molecule has 3 aliphatic carbocycles. The molecular formula is C16H28O2Si. The van der Waals surface area contributed by atoms with Gasteiger partial charge in [-0.2, -0.15) is 0 Å². The van der Waals surface area contributed by atoms with E-state index < -0.39 is 8.32 Å². The van der Waals surface area contributed by atoms with Crippen molar-refractivity contribution in [1.82, 2.24) is 0 Å². The Hall–Kier alpha value is -0.153. The Bertz CT molecular complexity index is 396. The summed E-state index contributed by atoms with van der Waals surface area (Å²) in [4.78, 5) is 12.3. The van der Waals surface area contributed by atoms with Gasteiger partial charge in [0.1, 0.15) is 5.78 Å². The second-order valence-electron chi connectivity index (χ2n) is 8.45. The van der Waals surface area contributed by atoms with Crippen molar-refractivity contribution in [2.75, 3.05) is 0 Å². The average molecular weight is 280 g/mol. The van der Waals surface area contributed by atoms with Crippen LogP contribution >= 0.6 is 0 Å². The molecule has 5 atom stereocenters. The van der Waals surface area contributed by atoms with E-state index in [-0.39, 0.29) is 11.1 Å². The first kappa shape index (κ1) is 13.8. The fraction of sp³-hybridized carbons (Fsp3) is 0.938. The lowest BCUT2D eigenvalue weighted by Crippen LogP contribution is -2.51. The molecule has 0 aromatic carbocycles. The number of ketones is 1. The smallest absolute Gasteiger partial charge is 0.192 e. The summed E-state index contributed by atoms with van der Waals surface area (Å²) in [5.41, 5.74) is 0. The molecule has 0 spiro atoms. The van der Waals surface area contributed by atoms with Gasteiger partial charge in [0.05, 0.1) is 6.10 Å². The number of rotatable bonds is 2. The van der Waals surface area contributed by atoms with Crippen LogP contribution in [-0.2, 0) is 9.22 Å². The third kappa shape index (κ3) is 1.96. The minimum atomic E-state index is -1.73. The van der Waals surface area contributed by atoms with Gasteiger partial charge in [-0.3, -0.25) is 4.79 Å². The lowest BCUT2D eigenvalue weighted by atomic mass is 9.59. The minimum Gasteiger partial charge on any atom is -0.413 e. The Balaban J connectivity index is 1.75. The Morgan fingerprint density at radius 3 is 2.42 bits per heavy atom. The Morgan fingerprint density at radius 2 is 1.79 bits per heavy atom. The Labute approximate surface area is 118 Å². The van der Waals surface area contributed by atoms with Crippen molar-refractivity contribution >= 4 is 14.1 Å². The first-order valence-corrected chi connectivity index (χ1v) is 10.8. The zero-order valence-electron chi connectivity index (χ0n) is 13.0. The summed E-state index contributed by atoms with van der Waals surface area (Å²) in [5, 5.41) is 0.243. The third-order valence-electron chi connectivity index (χ3n) is 6.45. The van der Waals surface area contributed by atoms with Crippen LogP contribution in [0.5, 0.6) is 0 Å². The summed E-state index contributed by atoms with van der Waals surface area (Å²) >= 11 is 0. The summed E-state index contributed by atoms with van der Waals surface area (Å²) in [6.07, 6.45) is 4.93. The lowest BCUT2D eigenvalue weighted by molar-refractivity contribution is -0.129. The van der Waals surface area contributed by atoms with Crippen molar-refractivity contribution < 1.29 is 9.22 Å². The van der Waals surface area contributed by atoms with E-state index in [0.717, 1.165) is 11.8 Å². The SMILES string of the molecule is CC(C)(C)[Si](C)(C)O[C@H]1CC(=O)[C@H]2C3CCCC3[C@@H]12. The maximum Gasteiger partial charge on any atom is 0.192 e. The zero-order chi connectivity index (χ0) is 14.0. The highest BCUT2D eigenvalue weighted by atomic mass is 28.4. The van der Waals surface area contributed by atoms with Crippen LogP contribution in [0.25, 0.3) is 0 Å². The summed E-state index contributed by atoms with van der Waals surface area (Å²) in [6.45, 7) is 11.5. The van der Waals surface area contributed by atoms with E-state index in [1.807, 2.05) is 0 Å². The molecule has 0 heterocycles. The van der Waals surface area contributed by atoms with Crippen LogP contribution in [0.1, 0.15) is 46.5 Å². The second kappa shape index (κ2) is 4.17. The maximum absolute atomic E-state index is 12.3. The number of fused-ring (bicyclic) bond motifs is 4. The van der Waals surface area contributed by atoms with Crippen molar-refractivity contribution in [3.05, 3.63) is 0 Å². The third-order valence-corrected chi connectivity index (χ3v) is 11.0. The molecular weight excluding hydrogens is 252 g/mol. The van der Waals surface area contributed by atoms with Crippen molar-refractivity contribution in [2.45, 2.75) is 70.7 Å². The van der Waals surface area contributed by atoms with Crippen LogP contribution in [0.4, 0.5) is 0 Å². The molecule has 0 radical (unpaired) electrons. The van der Waals surface area contributed by atoms with Crippen LogP contribution in [0, 0.1) is 23.7 Å². The molecule has 0 aromatic heterocycles. The van der Waals surface area contributed by atoms with Gasteiger partial charge >= 0.3 is 0 Å². The van der Waals surface area contributed by atoms with E-state index in [1.54, 1.807) is 0 Å². The van der Waals surface area contributed by atoms with Gasteiger partial charge in [-0.05, 0) is 48.7 Å². The van der Waals surface area contributed by atoms with Crippen LogP contribution in [-0.4, -0.2) is 20.2 Å². The molecule has 19 heavy (non-hydrogen) atoms. The summed E-state index contributed by atoms with van der Waals surface area (Å²) in [6, 6.07) is 0. The normalized spacial score (nSPS) is 41.9. The molecule has 2 nitrogen and oxygen atoms in total. The molecule has 3 rings (SSSR count). The molecule has 2 unspecified atom stereocenters. The molecule has 0 N–H and O–H groups in total. The minimum absolute atomic E-state index is 0.243. The highest BCUT2D eigenvalue weighted by molar-refractivity contribution is 6.74. The molecule has 0 aliphatic heterocycles. The van der Waals surface area contributed by atoms with Crippen molar-refractivity contribution in [1.29, 1.82) is 0 Å². The quantitative estimate of drug-likeness (QED) is 0.714. The summed E-state index contributed by atoms with van der Waals surface area (Å²) in [5.74, 6) is 3.00. The zero-order valence-corrected chi connectivity index (χ0v) is 14.0. The van der Waals surface area contributed by atoms with E-state index in [4.69, 9.17) is 4.43 Å². The van der Waals surface area contributed by atoms with E-state index in [9.17, 15) is 4.79 Å². The lowest BCUT2D eigenvalue weighted by Gasteiger charge is -2.48. The van der Waals surface area contributed by atoms with Gasteiger partial charge in [0.2, 0.25) is 0 Å². The van der Waals surface area contributed by atoms with E-state index in [0.29, 0.717) is 24.0 Å². The van der Waals surface area contributed by atoms with Crippen LogP contribution in [0.3, 0.4) is 0 Å². The standard InChI is InChI=1S/C16H28O2Si/c1-16(2,3)19(4,5)18-13-9-12(17)14-10-7-6-8-11(10)15(13)14/h10-11,13-15H,6-9H2,1-5H3/t10?,11?,13-,14+,15-/m0/s1. The van der Waals surface area contributed by atoms with Crippen molar-refractivity contribution in [3.63, 3.8) is 0 Å². The fourth-order valence-corrected chi connectivity index (χ4v) is 5.80. The van der Waals surface area contributed by atoms with E-state index in [2.05, 4.69) is 33.9 Å². The van der Waals surface area contributed by atoms with E-state index >= 15 is 0 Å². The van der Waals surface area contributed by atoms with Gasteiger partial charge in [-0.25, -0.2) is 0 Å². The monoisotopic (exact) mass is 280 g/mol. The molecule has 0 bridgehead atoms. The highest BCUT2D eigenvalue weighted by Gasteiger charge is 2.62. The number of hydrogen-bond donors (Lipinski definition) is 0. The first-order valence-electron chi connectivity index (χ1n) is 7.93. The second-order valence-corrected chi connectivity index (χ2v) is 13.2. The number of carbonyl (C=O) groups is 1. The summed E-state index contributed by atoms with van der Waals surface area (Å²) < 4.78 is 6.59. The van der Waals surface area contributed by atoms with E-state index in [1.165, 1.54) is 19.3 Å². The first-order chi connectivity index (χ1) is 8.72. The fourth-order valence-electron chi connectivity index (χ4n) is 4.45. The molecule has 0 aromatic rings. The predicted molar refractivity (Wildman–Crippen MR) is 79.5 cm³/mol. The van der Waals surface area contributed by atoms with Crippen molar-refractivity contribution in [3.8, 4) is 0 Å². The predicted octanol–water partition coefficient (Wildman–Crippen LogP) is 4.01. The largest absolute Gasteiger partial charge is 0.413 e. The van der Waals surface area contributed by atoms with Crippen molar-refractivity contribution in [2.24, 2.45) is 23.7 Å². The molecule has 3 fully saturated rings. The number of hydrogen-bond acceptors (Lipinski definition) is 2. The number of Topliss-reactive ketones (excluding diaryl/α,β-unsaturated/α-hetero) is 1. The molecule has 0 saturated heterocycles. The van der Waals surface area contributed by atoms with Crippen LogP contribution < -0.4 is 0 Å². The number of carbonyl (C=O) groups excluding carboxylic acids is 1. The highest BCUT2D eigenvalue weighted by Crippen LogP contribution is 2.61. The molecule has 3 saturated carbocycles. The molecule has 3 aliphatic rings. The van der Waals surface area contributed by atoms with Gasteiger partial charge in [-0.15, -0.1) is 0 Å². The average Bonchev–Trinajstić information content (AvgIpc) is 2.69. The topological polar surface area (TPSA) is 26.3 Å².